The summed E-state index contributed by atoms with van der Waals surface area (Å²) in [5.74, 6) is -2.47. The lowest BCUT2D eigenvalue weighted by Gasteiger charge is -2.08. The first-order chi connectivity index (χ1) is 10.5. The number of rotatable bonds is 5. The van der Waals surface area contributed by atoms with Gasteiger partial charge in [0.1, 0.15) is 0 Å². The minimum absolute atomic E-state index is 0.298. The van der Waals surface area contributed by atoms with E-state index in [0.29, 0.717) is 11.3 Å². The molecular weight excluding hydrogens is 302 g/mol. The van der Waals surface area contributed by atoms with Crippen LogP contribution in [0.2, 0.25) is 0 Å². The van der Waals surface area contributed by atoms with Crippen LogP contribution in [0.1, 0.15) is 15.9 Å². The van der Waals surface area contributed by atoms with E-state index in [9.17, 15) is 14.4 Å². The summed E-state index contributed by atoms with van der Waals surface area (Å²) in [7, 11) is 0. The van der Waals surface area contributed by atoms with E-state index < -0.39 is 22.9 Å². The van der Waals surface area contributed by atoms with Crippen LogP contribution in [0.25, 0.3) is 0 Å². The van der Waals surface area contributed by atoms with E-state index in [-0.39, 0.29) is 0 Å². The normalized spacial score (nSPS) is 11.5. The molecule has 1 amide bonds. The molecule has 0 heterocycles. The number of anilines is 1. The van der Waals surface area contributed by atoms with Crippen molar-refractivity contribution in [3.8, 4) is 0 Å². The van der Waals surface area contributed by atoms with Crippen LogP contribution in [0, 0.1) is 6.92 Å². The monoisotopic (exact) mass is 315 g/mol. The number of nitrogens with one attached hydrogen (secondary N) is 1. The Labute approximate surface area is 133 Å². The molecule has 5 heteroatoms. The first kappa shape index (κ1) is 15.9. The first-order valence-electron chi connectivity index (χ1n) is 6.64. The number of benzene rings is 2. The summed E-state index contributed by atoms with van der Waals surface area (Å²) in [4.78, 5) is 35.9. The highest BCUT2D eigenvalue weighted by atomic mass is 35.5. The van der Waals surface area contributed by atoms with E-state index in [4.69, 9.17) is 11.6 Å². The summed E-state index contributed by atoms with van der Waals surface area (Å²) in [5, 5.41) is 0.877. The average molecular weight is 316 g/mol. The Kier molecular flexibility index (Phi) is 5.07. The van der Waals surface area contributed by atoms with E-state index in [2.05, 4.69) is 5.32 Å². The Morgan fingerprint density at radius 3 is 2.14 bits per heavy atom. The number of para-hydroxylation sites is 1. The lowest BCUT2D eigenvalue weighted by atomic mass is 10.0. The molecular formula is C17H14ClNO3. The molecule has 2 rings (SSSR count). The molecule has 0 bridgehead atoms. The number of hydrogen-bond donors (Lipinski definition) is 1. The summed E-state index contributed by atoms with van der Waals surface area (Å²) >= 11 is 5.86. The average Bonchev–Trinajstić information content (AvgIpc) is 2.54. The van der Waals surface area contributed by atoms with E-state index in [0.717, 1.165) is 5.56 Å². The molecule has 1 atom stereocenters. The molecule has 0 fully saturated rings. The molecule has 2 aromatic carbocycles. The van der Waals surface area contributed by atoms with Gasteiger partial charge in [0.2, 0.25) is 5.78 Å². The lowest BCUT2D eigenvalue weighted by molar-refractivity contribution is -0.134. The zero-order chi connectivity index (χ0) is 16.1. The Hall–Kier alpha value is -2.46. The van der Waals surface area contributed by atoms with Gasteiger partial charge >= 0.3 is 0 Å². The van der Waals surface area contributed by atoms with Gasteiger partial charge in [-0.2, -0.15) is 0 Å². The summed E-state index contributed by atoms with van der Waals surface area (Å²) in [6, 6.07) is 15.1. The predicted molar refractivity (Wildman–Crippen MR) is 85.2 cm³/mol. The third-order valence-electron chi connectivity index (χ3n) is 3.05. The smallest absolute Gasteiger partial charge is 0.293 e. The summed E-state index contributed by atoms with van der Waals surface area (Å²) < 4.78 is 0. The highest BCUT2D eigenvalue weighted by molar-refractivity contribution is 6.58. The quantitative estimate of drug-likeness (QED) is 0.399. The number of carbonyl (C=O) groups excluding carboxylic acids is 3. The van der Waals surface area contributed by atoms with Crippen molar-refractivity contribution >= 4 is 34.8 Å². The molecule has 0 spiro atoms. The van der Waals surface area contributed by atoms with Crippen molar-refractivity contribution in [3.63, 3.8) is 0 Å². The van der Waals surface area contributed by atoms with Crippen molar-refractivity contribution in [1.29, 1.82) is 0 Å². The van der Waals surface area contributed by atoms with Crippen molar-refractivity contribution in [2.45, 2.75) is 12.3 Å². The topological polar surface area (TPSA) is 63.2 Å². The fourth-order valence-corrected chi connectivity index (χ4v) is 2.04. The molecule has 0 aliphatic carbocycles. The second-order valence-corrected chi connectivity index (χ2v) is 5.21. The Morgan fingerprint density at radius 1 is 0.955 bits per heavy atom. The van der Waals surface area contributed by atoms with Crippen LogP contribution in [0.5, 0.6) is 0 Å². The molecule has 112 valence electrons. The first-order valence-corrected chi connectivity index (χ1v) is 7.08. The second kappa shape index (κ2) is 7.00. The van der Waals surface area contributed by atoms with Crippen molar-refractivity contribution in [2.24, 2.45) is 0 Å². The van der Waals surface area contributed by atoms with Crippen LogP contribution in [0.3, 0.4) is 0 Å². The molecule has 4 nitrogen and oxygen atoms in total. The van der Waals surface area contributed by atoms with E-state index in [1.807, 2.05) is 6.92 Å². The zero-order valence-corrected chi connectivity index (χ0v) is 12.6. The van der Waals surface area contributed by atoms with Gasteiger partial charge in [-0.15, -0.1) is 11.6 Å². The maximum atomic E-state index is 12.1. The van der Waals surface area contributed by atoms with Crippen LogP contribution in [0.4, 0.5) is 5.69 Å². The third kappa shape index (κ3) is 3.80. The number of amides is 1. The van der Waals surface area contributed by atoms with Crippen LogP contribution < -0.4 is 5.32 Å². The number of aryl methyl sites for hydroxylation is 1. The van der Waals surface area contributed by atoms with Crippen molar-refractivity contribution < 1.29 is 14.4 Å². The summed E-state index contributed by atoms with van der Waals surface area (Å²) in [6.45, 7) is 1.88. The number of ketones is 2. The maximum Gasteiger partial charge on any atom is 0.293 e. The number of carbonyl (C=O) groups is 3. The van der Waals surface area contributed by atoms with Crippen molar-refractivity contribution in [3.05, 3.63) is 65.7 Å². The van der Waals surface area contributed by atoms with Gasteiger partial charge in [-0.1, -0.05) is 48.0 Å². The van der Waals surface area contributed by atoms with Crippen LogP contribution in [-0.2, 0) is 9.59 Å². The number of hydrogen-bond acceptors (Lipinski definition) is 3. The highest BCUT2D eigenvalue weighted by Crippen LogP contribution is 2.12. The maximum absolute atomic E-state index is 12.1. The standard InChI is InChI=1S/C17H14ClNO3/c1-11-7-9-12(10-8-11)15(20)14(18)16(21)17(22)19-13-5-3-2-4-6-13/h2-10,14H,1H3,(H,19,22)/t14-/m0/s1. The predicted octanol–water partition coefficient (Wildman–Crippen LogP) is 2.99. The van der Waals surface area contributed by atoms with Gasteiger partial charge in [0.05, 0.1) is 0 Å². The molecule has 0 saturated carbocycles. The van der Waals surface area contributed by atoms with Gasteiger partial charge < -0.3 is 5.32 Å². The summed E-state index contributed by atoms with van der Waals surface area (Å²) in [5.41, 5.74) is 1.75. The number of alkyl halides is 1. The number of halogens is 1. The van der Waals surface area contributed by atoms with Gasteiger partial charge in [-0.05, 0) is 19.1 Å². The Morgan fingerprint density at radius 2 is 1.55 bits per heavy atom. The van der Waals surface area contributed by atoms with Gasteiger partial charge in [0, 0.05) is 11.3 Å². The van der Waals surface area contributed by atoms with Crippen LogP contribution in [-0.4, -0.2) is 22.9 Å². The molecule has 0 saturated heterocycles. The summed E-state index contributed by atoms with van der Waals surface area (Å²) in [6.07, 6.45) is 0. The molecule has 0 aromatic heterocycles. The van der Waals surface area contributed by atoms with E-state index in [1.54, 1.807) is 54.6 Å². The highest BCUT2D eigenvalue weighted by Gasteiger charge is 2.30. The van der Waals surface area contributed by atoms with Gasteiger partial charge in [0.25, 0.3) is 5.91 Å². The Bertz CT molecular complexity index is 696. The van der Waals surface area contributed by atoms with Gasteiger partial charge in [-0.3, -0.25) is 14.4 Å². The molecule has 1 N–H and O–H groups in total. The molecule has 0 aliphatic heterocycles. The van der Waals surface area contributed by atoms with Gasteiger partial charge in [0.15, 0.2) is 11.2 Å². The number of Topliss-reactive ketones (excluding diaryl/α,β-unsaturated/α-hetero) is 2. The lowest BCUT2D eigenvalue weighted by Crippen LogP contribution is -2.35. The minimum Gasteiger partial charge on any atom is -0.319 e. The van der Waals surface area contributed by atoms with Gasteiger partial charge in [-0.25, -0.2) is 0 Å². The van der Waals surface area contributed by atoms with E-state index in [1.165, 1.54) is 0 Å². The minimum atomic E-state index is -1.54. The van der Waals surface area contributed by atoms with Crippen molar-refractivity contribution in [1.82, 2.24) is 0 Å². The van der Waals surface area contributed by atoms with Crippen LogP contribution >= 0.6 is 11.6 Å². The Balaban J connectivity index is 2.06. The third-order valence-corrected chi connectivity index (χ3v) is 3.45. The second-order valence-electron chi connectivity index (χ2n) is 4.78. The zero-order valence-electron chi connectivity index (χ0n) is 11.9. The molecule has 0 unspecified atom stereocenters. The van der Waals surface area contributed by atoms with Crippen LogP contribution in [0.15, 0.2) is 54.6 Å². The molecule has 22 heavy (non-hydrogen) atoms. The fourth-order valence-electron chi connectivity index (χ4n) is 1.81. The SMILES string of the molecule is Cc1ccc(C(=O)[C@H](Cl)C(=O)C(=O)Nc2ccccc2)cc1. The molecule has 0 aliphatic rings. The van der Waals surface area contributed by atoms with Crippen molar-refractivity contribution in [2.75, 3.05) is 5.32 Å². The van der Waals surface area contributed by atoms with E-state index >= 15 is 0 Å². The fraction of sp³-hybridized carbons (Fsp3) is 0.118. The largest absolute Gasteiger partial charge is 0.319 e. The molecule has 2 aromatic rings. The molecule has 0 radical (unpaired) electrons.